The fourth-order valence-corrected chi connectivity index (χ4v) is 1.71. The quantitative estimate of drug-likeness (QED) is 0.809. The van der Waals surface area contributed by atoms with Gasteiger partial charge >= 0.3 is 6.18 Å². The molecule has 1 atom stereocenters. The normalized spacial score (nSPS) is 17.2. The van der Waals surface area contributed by atoms with Crippen molar-refractivity contribution in [1.29, 1.82) is 0 Å². The van der Waals surface area contributed by atoms with E-state index in [0.29, 0.717) is 12.6 Å². The van der Waals surface area contributed by atoms with Crippen molar-refractivity contribution >= 4 is 0 Å². The molecule has 2 rings (SSSR count). The lowest BCUT2D eigenvalue weighted by atomic mass is 10.1. The molecule has 112 valence electrons. The molecule has 1 aliphatic rings. The lowest BCUT2D eigenvalue weighted by molar-refractivity contribution is -0.217. The molecule has 1 N–H and O–H groups in total. The maximum atomic E-state index is 13.5. The largest absolute Gasteiger partial charge is 0.414 e. The molecule has 0 saturated heterocycles. The number of halogens is 4. The minimum absolute atomic E-state index is 0.149. The van der Waals surface area contributed by atoms with Crippen LogP contribution in [-0.4, -0.2) is 18.3 Å². The van der Waals surface area contributed by atoms with E-state index >= 15 is 0 Å². The first-order chi connectivity index (χ1) is 9.36. The van der Waals surface area contributed by atoms with Gasteiger partial charge in [-0.15, -0.1) is 0 Å². The minimum atomic E-state index is -4.43. The van der Waals surface area contributed by atoms with Crippen LogP contribution in [-0.2, 0) is 17.9 Å². The van der Waals surface area contributed by atoms with Crippen LogP contribution < -0.4 is 5.32 Å². The summed E-state index contributed by atoms with van der Waals surface area (Å²) >= 11 is 0. The molecular weight excluding hydrogens is 274 g/mol. The van der Waals surface area contributed by atoms with Crippen LogP contribution in [0.4, 0.5) is 17.6 Å². The molecule has 0 bridgehead atoms. The number of hydrogen-bond acceptors (Lipinski definition) is 2. The van der Waals surface area contributed by atoms with Crippen LogP contribution in [0.1, 0.15) is 30.9 Å². The Kier molecular flexibility index (Phi) is 4.65. The van der Waals surface area contributed by atoms with Gasteiger partial charge in [-0.2, -0.15) is 13.2 Å². The Labute approximate surface area is 115 Å². The topological polar surface area (TPSA) is 21.3 Å². The van der Waals surface area contributed by atoms with Gasteiger partial charge in [0, 0.05) is 18.2 Å². The lowest BCUT2D eigenvalue weighted by Crippen LogP contribution is -2.28. The summed E-state index contributed by atoms with van der Waals surface area (Å²) in [5, 5.41) is 3.27. The number of hydrogen-bond donors (Lipinski definition) is 1. The molecule has 2 nitrogen and oxygen atoms in total. The molecule has 20 heavy (non-hydrogen) atoms. The first kappa shape index (κ1) is 15.3. The van der Waals surface area contributed by atoms with E-state index in [0.717, 1.165) is 25.3 Å². The van der Waals surface area contributed by atoms with Crippen molar-refractivity contribution in [2.75, 3.05) is 0 Å². The zero-order chi connectivity index (χ0) is 14.8. The Morgan fingerprint density at radius 3 is 2.65 bits per heavy atom. The molecule has 0 aromatic heterocycles. The summed E-state index contributed by atoms with van der Waals surface area (Å²) in [5.74, 6) is -0.547. The van der Waals surface area contributed by atoms with Gasteiger partial charge in [-0.25, -0.2) is 4.39 Å². The van der Waals surface area contributed by atoms with Gasteiger partial charge in [0.2, 0.25) is 0 Å². The molecule has 1 unspecified atom stereocenters. The number of alkyl halides is 3. The standard InChI is InChI=1S/C14H17F4NO/c1-9(14(16,17)18)20-8-11-6-10(2-5-13(11)15)7-19-12-3-4-12/h2,5-6,9,12,19H,3-4,7-8H2,1H3. The van der Waals surface area contributed by atoms with Crippen molar-refractivity contribution < 1.29 is 22.3 Å². The smallest absolute Gasteiger partial charge is 0.364 e. The van der Waals surface area contributed by atoms with E-state index in [2.05, 4.69) is 10.1 Å². The van der Waals surface area contributed by atoms with Crippen molar-refractivity contribution in [2.45, 2.75) is 51.2 Å². The molecule has 6 heteroatoms. The van der Waals surface area contributed by atoms with E-state index in [9.17, 15) is 17.6 Å². The van der Waals surface area contributed by atoms with Crippen LogP contribution in [0.25, 0.3) is 0 Å². The number of ether oxygens (including phenoxy) is 1. The summed E-state index contributed by atoms with van der Waals surface area (Å²) in [6.45, 7) is 1.12. The van der Waals surface area contributed by atoms with Crippen LogP contribution in [0.3, 0.4) is 0 Å². The van der Waals surface area contributed by atoms with Gasteiger partial charge in [-0.3, -0.25) is 0 Å². The minimum Gasteiger partial charge on any atom is -0.364 e. The van der Waals surface area contributed by atoms with Crippen molar-refractivity contribution in [2.24, 2.45) is 0 Å². The summed E-state index contributed by atoms with van der Waals surface area (Å²) in [5.41, 5.74) is 0.993. The predicted octanol–water partition coefficient (Wildman–Crippen LogP) is 3.55. The molecular formula is C14H17F4NO. The SMILES string of the molecule is CC(OCc1cc(CNC2CC2)ccc1F)C(F)(F)F. The highest BCUT2D eigenvalue weighted by molar-refractivity contribution is 5.24. The van der Waals surface area contributed by atoms with E-state index in [1.807, 2.05) is 0 Å². The van der Waals surface area contributed by atoms with Crippen molar-refractivity contribution in [3.8, 4) is 0 Å². The van der Waals surface area contributed by atoms with E-state index in [-0.39, 0.29) is 12.2 Å². The Morgan fingerprint density at radius 1 is 1.35 bits per heavy atom. The Morgan fingerprint density at radius 2 is 2.05 bits per heavy atom. The van der Waals surface area contributed by atoms with E-state index < -0.39 is 18.1 Å². The Balaban J connectivity index is 1.93. The van der Waals surface area contributed by atoms with Gasteiger partial charge < -0.3 is 10.1 Å². The Bertz CT molecular complexity index is 457. The fraction of sp³-hybridized carbons (Fsp3) is 0.571. The third-order valence-electron chi connectivity index (χ3n) is 3.23. The molecule has 0 aliphatic heterocycles. The van der Waals surface area contributed by atoms with Crippen LogP contribution in [0, 0.1) is 5.82 Å². The number of benzene rings is 1. The fourth-order valence-electron chi connectivity index (χ4n) is 1.71. The number of rotatable bonds is 6. The third-order valence-corrected chi connectivity index (χ3v) is 3.23. The molecule has 0 amide bonds. The molecule has 1 aromatic rings. The molecule has 1 aliphatic carbocycles. The second-order valence-corrected chi connectivity index (χ2v) is 5.08. The maximum Gasteiger partial charge on any atom is 0.414 e. The maximum absolute atomic E-state index is 13.5. The molecule has 0 radical (unpaired) electrons. The molecule has 0 spiro atoms. The lowest BCUT2D eigenvalue weighted by Gasteiger charge is -2.17. The van der Waals surface area contributed by atoms with Crippen molar-refractivity contribution in [3.63, 3.8) is 0 Å². The highest BCUT2D eigenvalue weighted by atomic mass is 19.4. The second-order valence-electron chi connectivity index (χ2n) is 5.08. The monoisotopic (exact) mass is 291 g/mol. The van der Waals surface area contributed by atoms with E-state index in [4.69, 9.17) is 0 Å². The van der Waals surface area contributed by atoms with E-state index in [1.165, 1.54) is 6.07 Å². The second kappa shape index (κ2) is 6.10. The highest BCUT2D eigenvalue weighted by Crippen LogP contribution is 2.24. The van der Waals surface area contributed by atoms with Crippen LogP contribution in [0.5, 0.6) is 0 Å². The van der Waals surface area contributed by atoms with Gasteiger partial charge in [-0.1, -0.05) is 6.07 Å². The van der Waals surface area contributed by atoms with Crippen molar-refractivity contribution in [1.82, 2.24) is 5.32 Å². The van der Waals surface area contributed by atoms with Crippen molar-refractivity contribution in [3.05, 3.63) is 35.1 Å². The summed E-state index contributed by atoms with van der Waals surface area (Å²) in [4.78, 5) is 0. The van der Waals surface area contributed by atoms with Gasteiger partial charge in [0.05, 0.1) is 6.61 Å². The average molecular weight is 291 g/mol. The van der Waals surface area contributed by atoms with Gasteiger partial charge in [0.1, 0.15) is 5.82 Å². The summed E-state index contributed by atoms with van der Waals surface area (Å²) in [6.07, 6.45) is -4.06. The van der Waals surface area contributed by atoms with Crippen LogP contribution in [0.15, 0.2) is 18.2 Å². The summed E-state index contributed by atoms with van der Waals surface area (Å²) in [6, 6.07) is 4.96. The molecule has 1 saturated carbocycles. The van der Waals surface area contributed by atoms with Gasteiger partial charge in [0.25, 0.3) is 0 Å². The molecule has 1 fully saturated rings. The summed E-state index contributed by atoms with van der Waals surface area (Å²) < 4.78 is 55.2. The van der Waals surface area contributed by atoms with Crippen LogP contribution in [0.2, 0.25) is 0 Å². The first-order valence-electron chi connectivity index (χ1n) is 6.55. The van der Waals surface area contributed by atoms with E-state index in [1.54, 1.807) is 12.1 Å². The average Bonchev–Trinajstić information content (AvgIpc) is 3.18. The zero-order valence-corrected chi connectivity index (χ0v) is 11.1. The van der Waals surface area contributed by atoms with Crippen LogP contribution >= 0.6 is 0 Å². The molecule has 1 aromatic carbocycles. The third kappa shape index (κ3) is 4.45. The predicted molar refractivity (Wildman–Crippen MR) is 66.6 cm³/mol. The number of nitrogens with one attached hydrogen (secondary N) is 1. The zero-order valence-electron chi connectivity index (χ0n) is 11.1. The summed E-state index contributed by atoms with van der Waals surface area (Å²) in [7, 11) is 0. The van der Waals surface area contributed by atoms with Gasteiger partial charge in [0.15, 0.2) is 6.10 Å². The first-order valence-corrected chi connectivity index (χ1v) is 6.55. The molecule has 0 heterocycles. The Hall–Kier alpha value is -1.14. The highest BCUT2D eigenvalue weighted by Gasteiger charge is 2.36. The van der Waals surface area contributed by atoms with Gasteiger partial charge in [-0.05, 0) is 37.5 Å².